The van der Waals surface area contributed by atoms with Crippen LogP contribution in [0.1, 0.15) is 30.9 Å². The van der Waals surface area contributed by atoms with Gasteiger partial charge < -0.3 is 15.1 Å². The number of benzene rings is 2. The number of hydrogen-bond donors (Lipinski definition) is 1. The molecule has 1 aliphatic rings. The van der Waals surface area contributed by atoms with E-state index in [4.69, 9.17) is 0 Å². The first-order chi connectivity index (χ1) is 15.0. The molecule has 3 rings (SSSR count). The lowest BCUT2D eigenvalue weighted by atomic mass is 9.96. The SMILES string of the molecule is CCc1ccccc1NC(=O)CN(C)C(=O)C1CCCN(C(=O)Cc2ccccc2)C1. The molecule has 1 atom stereocenters. The fourth-order valence-electron chi connectivity index (χ4n) is 4.03. The van der Waals surface area contributed by atoms with Gasteiger partial charge in [-0.15, -0.1) is 0 Å². The number of nitrogens with one attached hydrogen (secondary N) is 1. The molecule has 3 amide bonds. The monoisotopic (exact) mass is 421 g/mol. The molecule has 0 bridgehead atoms. The summed E-state index contributed by atoms with van der Waals surface area (Å²) in [5.41, 5.74) is 2.82. The number of hydrogen-bond acceptors (Lipinski definition) is 3. The number of nitrogens with zero attached hydrogens (tertiary/aromatic N) is 2. The summed E-state index contributed by atoms with van der Waals surface area (Å²) in [6.45, 7) is 3.11. The highest BCUT2D eigenvalue weighted by atomic mass is 16.2. The van der Waals surface area contributed by atoms with E-state index in [0.717, 1.165) is 36.1 Å². The number of carbonyl (C=O) groups excluding carboxylic acids is 3. The Morgan fingerprint density at radius 3 is 2.52 bits per heavy atom. The van der Waals surface area contributed by atoms with Gasteiger partial charge in [0.05, 0.1) is 18.9 Å². The average molecular weight is 422 g/mol. The molecule has 1 unspecified atom stereocenters. The topological polar surface area (TPSA) is 69.7 Å². The maximum Gasteiger partial charge on any atom is 0.243 e. The van der Waals surface area contributed by atoms with E-state index in [1.165, 1.54) is 4.90 Å². The second-order valence-electron chi connectivity index (χ2n) is 8.09. The van der Waals surface area contributed by atoms with Crippen molar-refractivity contribution in [2.75, 3.05) is 32.0 Å². The number of anilines is 1. The lowest BCUT2D eigenvalue weighted by Crippen LogP contribution is -2.47. The zero-order chi connectivity index (χ0) is 22.2. The third-order valence-corrected chi connectivity index (χ3v) is 5.75. The second-order valence-corrected chi connectivity index (χ2v) is 8.09. The highest BCUT2D eigenvalue weighted by Gasteiger charge is 2.30. The van der Waals surface area contributed by atoms with E-state index in [2.05, 4.69) is 5.32 Å². The largest absolute Gasteiger partial charge is 0.342 e. The van der Waals surface area contributed by atoms with Crippen molar-refractivity contribution in [3.8, 4) is 0 Å². The number of para-hydroxylation sites is 1. The molecule has 31 heavy (non-hydrogen) atoms. The van der Waals surface area contributed by atoms with Crippen LogP contribution < -0.4 is 5.32 Å². The first-order valence-corrected chi connectivity index (χ1v) is 10.9. The third kappa shape index (κ3) is 6.17. The summed E-state index contributed by atoms with van der Waals surface area (Å²) < 4.78 is 0. The van der Waals surface area contributed by atoms with Crippen LogP contribution in [0.3, 0.4) is 0 Å². The molecule has 0 saturated carbocycles. The molecule has 6 heteroatoms. The minimum Gasteiger partial charge on any atom is -0.342 e. The second kappa shape index (κ2) is 10.8. The van der Waals surface area contributed by atoms with Crippen molar-refractivity contribution >= 4 is 23.4 Å². The Morgan fingerprint density at radius 1 is 1.06 bits per heavy atom. The van der Waals surface area contributed by atoms with Crippen molar-refractivity contribution in [3.63, 3.8) is 0 Å². The molecule has 1 N–H and O–H groups in total. The van der Waals surface area contributed by atoms with Crippen LogP contribution in [0.4, 0.5) is 5.69 Å². The molecule has 1 saturated heterocycles. The lowest BCUT2D eigenvalue weighted by molar-refractivity contribution is -0.141. The Bertz CT molecular complexity index is 913. The maximum atomic E-state index is 12.9. The van der Waals surface area contributed by atoms with Gasteiger partial charge in [-0.05, 0) is 36.5 Å². The Balaban J connectivity index is 1.53. The van der Waals surface area contributed by atoms with Gasteiger partial charge in [-0.2, -0.15) is 0 Å². The van der Waals surface area contributed by atoms with E-state index in [1.54, 1.807) is 11.9 Å². The van der Waals surface area contributed by atoms with E-state index in [9.17, 15) is 14.4 Å². The van der Waals surface area contributed by atoms with Gasteiger partial charge in [0.15, 0.2) is 0 Å². The van der Waals surface area contributed by atoms with E-state index in [-0.39, 0.29) is 30.2 Å². The van der Waals surface area contributed by atoms with Crippen LogP contribution >= 0.6 is 0 Å². The molecule has 0 spiro atoms. The Morgan fingerprint density at radius 2 is 1.77 bits per heavy atom. The average Bonchev–Trinajstić information content (AvgIpc) is 2.79. The van der Waals surface area contributed by atoms with Crippen molar-refractivity contribution < 1.29 is 14.4 Å². The molecule has 0 radical (unpaired) electrons. The smallest absolute Gasteiger partial charge is 0.243 e. The van der Waals surface area contributed by atoms with Gasteiger partial charge in [0, 0.05) is 25.8 Å². The molecule has 2 aromatic carbocycles. The number of amides is 3. The number of likely N-dealkylation sites (N-methyl/N-ethyl adjacent to an activating group) is 1. The van der Waals surface area contributed by atoms with Crippen LogP contribution in [0.25, 0.3) is 0 Å². The standard InChI is InChI=1S/C25H31N3O3/c1-3-20-12-7-8-14-22(20)26-23(29)18-27(2)25(31)21-13-9-15-28(17-21)24(30)16-19-10-5-4-6-11-19/h4-8,10-12,14,21H,3,9,13,15-18H2,1-2H3,(H,26,29). The zero-order valence-electron chi connectivity index (χ0n) is 18.3. The number of carbonyl (C=O) groups is 3. The summed E-state index contributed by atoms with van der Waals surface area (Å²) in [7, 11) is 1.65. The summed E-state index contributed by atoms with van der Waals surface area (Å²) >= 11 is 0. The molecular weight excluding hydrogens is 390 g/mol. The summed E-state index contributed by atoms with van der Waals surface area (Å²) in [5, 5.41) is 2.91. The van der Waals surface area contributed by atoms with Crippen LogP contribution in [0.15, 0.2) is 54.6 Å². The molecular formula is C25H31N3O3. The van der Waals surface area contributed by atoms with E-state index < -0.39 is 0 Å². The van der Waals surface area contributed by atoms with Crippen molar-refractivity contribution in [1.82, 2.24) is 9.80 Å². The van der Waals surface area contributed by atoms with Crippen LogP contribution in [-0.2, 0) is 27.2 Å². The van der Waals surface area contributed by atoms with Gasteiger partial charge in [-0.1, -0.05) is 55.5 Å². The number of aryl methyl sites for hydroxylation is 1. The van der Waals surface area contributed by atoms with Crippen molar-refractivity contribution in [3.05, 3.63) is 65.7 Å². The molecule has 1 heterocycles. The molecule has 0 aliphatic carbocycles. The third-order valence-electron chi connectivity index (χ3n) is 5.75. The quantitative estimate of drug-likeness (QED) is 0.747. The highest BCUT2D eigenvalue weighted by Crippen LogP contribution is 2.20. The maximum absolute atomic E-state index is 12.9. The number of rotatable bonds is 7. The fraction of sp³-hybridized carbons (Fsp3) is 0.400. The number of piperidine rings is 1. The lowest BCUT2D eigenvalue weighted by Gasteiger charge is -2.34. The highest BCUT2D eigenvalue weighted by molar-refractivity contribution is 5.95. The minimum absolute atomic E-state index is 0.00859. The van der Waals surface area contributed by atoms with Crippen molar-refractivity contribution in [2.45, 2.75) is 32.6 Å². The van der Waals surface area contributed by atoms with E-state index in [0.29, 0.717) is 19.5 Å². The normalized spacial score (nSPS) is 15.9. The first kappa shape index (κ1) is 22.5. The van der Waals surface area contributed by atoms with Gasteiger partial charge >= 0.3 is 0 Å². The van der Waals surface area contributed by atoms with Crippen molar-refractivity contribution in [2.24, 2.45) is 5.92 Å². The van der Waals surface area contributed by atoms with Crippen LogP contribution in [0.2, 0.25) is 0 Å². The fourth-order valence-corrected chi connectivity index (χ4v) is 4.03. The van der Waals surface area contributed by atoms with E-state index in [1.807, 2.05) is 61.5 Å². The van der Waals surface area contributed by atoms with Crippen molar-refractivity contribution in [1.29, 1.82) is 0 Å². The van der Waals surface area contributed by atoms with Crippen LogP contribution in [0, 0.1) is 5.92 Å². The van der Waals surface area contributed by atoms with Crippen LogP contribution in [-0.4, -0.2) is 54.2 Å². The molecule has 0 aromatic heterocycles. The van der Waals surface area contributed by atoms with Gasteiger partial charge in [0.1, 0.15) is 0 Å². The van der Waals surface area contributed by atoms with E-state index >= 15 is 0 Å². The first-order valence-electron chi connectivity index (χ1n) is 10.9. The zero-order valence-corrected chi connectivity index (χ0v) is 18.3. The van der Waals surface area contributed by atoms with Crippen LogP contribution in [0.5, 0.6) is 0 Å². The molecule has 6 nitrogen and oxygen atoms in total. The number of likely N-dealkylation sites (tertiary alicyclic amines) is 1. The Hall–Kier alpha value is -3.15. The molecule has 1 fully saturated rings. The summed E-state index contributed by atoms with van der Waals surface area (Å²) in [5.74, 6) is -0.532. The van der Waals surface area contributed by atoms with Gasteiger partial charge in [0.25, 0.3) is 0 Å². The molecule has 1 aliphatic heterocycles. The Labute approximate surface area is 184 Å². The predicted molar refractivity (Wildman–Crippen MR) is 122 cm³/mol. The minimum atomic E-state index is -0.269. The van der Waals surface area contributed by atoms with Gasteiger partial charge in [-0.25, -0.2) is 0 Å². The summed E-state index contributed by atoms with van der Waals surface area (Å²) in [6, 6.07) is 17.3. The predicted octanol–water partition coefficient (Wildman–Crippen LogP) is 3.13. The summed E-state index contributed by atoms with van der Waals surface area (Å²) in [4.78, 5) is 41.4. The van der Waals surface area contributed by atoms with Gasteiger partial charge in [0.2, 0.25) is 17.7 Å². The Kier molecular flexibility index (Phi) is 7.82. The molecule has 2 aromatic rings. The van der Waals surface area contributed by atoms with Gasteiger partial charge in [-0.3, -0.25) is 14.4 Å². The summed E-state index contributed by atoms with van der Waals surface area (Å²) in [6.07, 6.45) is 2.69. The molecule has 164 valence electrons.